The third-order valence-electron chi connectivity index (χ3n) is 3.93. The van der Waals surface area contributed by atoms with Gasteiger partial charge in [-0.15, -0.1) is 0 Å². The monoisotopic (exact) mass is 365 g/mol. The molecule has 0 aromatic rings. The Balaban J connectivity index is 3.49. The summed E-state index contributed by atoms with van der Waals surface area (Å²) in [7, 11) is -4.53. The Morgan fingerprint density at radius 1 is 1.00 bits per heavy atom. The summed E-state index contributed by atoms with van der Waals surface area (Å²) in [6.45, 7) is 1.85. The fraction of sp³-hybridized carbons (Fsp3) is 0.882. The molecule has 24 heavy (non-hydrogen) atoms. The number of aliphatic hydroxyl groups excluding tert-OH is 1. The quantitative estimate of drug-likeness (QED) is 0.189. The topological polar surface area (TPSA) is 113 Å². The van der Waals surface area contributed by atoms with Gasteiger partial charge in [0.05, 0.1) is 18.8 Å². The van der Waals surface area contributed by atoms with Gasteiger partial charge in [-0.05, 0) is 12.8 Å². The number of aliphatic hydroxyl groups is 1. The molecule has 7 heteroatoms. The summed E-state index contributed by atoms with van der Waals surface area (Å²) in [5, 5.41) is 9.73. The van der Waals surface area contributed by atoms with E-state index in [0.29, 0.717) is 0 Å². The van der Waals surface area contributed by atoms with Crippen LogP contribution in [0.3, 0.4) is 0 Å². The van der Waals surface area contributed by atoms with Crippen molar-refractivity contribution >= 4 is 7.82 Å². The lowest BCUT2D eigenvalue weighted by molar-refractivity contribution is 0.129. The van der Waals surface area contributed by atoms with E-state index >= 15 is 0 Å². The summed E-state index contributed by atoms with van der Waals surface area (Å²) >= 11 is 0. The van der Waals surface area contributed by atoms with Crippen molar-refractivity contribution in [1.29, 1.82) is 0 Å². The molecule has 0 rings (SSSR count). The van der Waals surface area contributed by atoms with E-state index in [0.717, 1.165) is 12.8 Å². The zero-order valence-electron chi connectivity index (χ0n) is 15.0. The van der Waals surface area contributed by atoms with Gasteiger partial charge >= 0.3 is 7.82 Å². The third-order valence-corrected chi connectivity index (χ3v) is 4.42. The molecule has 6 nitrogen and oxygen atoms in total. The Hall–Kier alpha value is -0.230. The van der Waals surface area contributed by atoms with Crippen LogP contribution in [0.2, 0.25) is 0 Å². The summed E-state index contributed by atoms with van der Waals surface area (Å²) in [5.41, 5.74) is 5.59. The van der Waals surface area contributed by atoms with Crippen LogP contribution in [-0.2, 0) is 9.09 Å². The summed E-state index contributed by atoms with van der Waals surface area (Å²) in [4.78, 5) is 17.1. The van der Waals surface area contributed by atoms with Crippen molar-refractivity contribution in [2.45, 2.75) is 89.7 Å². The van der Waals surface area contributed by atoms with Gasteiger partial charge in [0.25, 0.3) is 0 Å². The second kappa shape index (κ2) is 15.1. The zero-order valence-corrected chi connectivity index (χ0v) is 15.9. The van der Waals surface area contributed by atoms with Crippen LogP contribution >= 0.6 is 7.82 Å². The van der Waals surface area contributed by atoms with Crippen LogP contribution in [0.5, 0.6) is 0 Å². The minimum atomic E-state index is -4.53. The van der Waals surface area contributed by atoms with Crippen molar-refractivity contribution in [2.24, 2.45) is 5.73 Å². The molecule has 144 valence electrons. The first-order valence-corrected chi connectivity index (χ1v) is 10.7. The van der Waals surface area contributed by atoms with Gasteiger partial charge in [-0.3, -0.25) is 4.52 Å². The minimum absolute atomic E-state index is 0.381. The van der Waals surface area contributed by atoms with Gasteiger partial charge in [0.2, 0.25) is 0 Å². The zero-order chi connectivity index (χ0) is 18.3. The van der Waals surface area contributed by atoms with Gasteiger partial charge in [0.1, 0.15) is 0 Å². The highest BCUT2D eigenvalue weighted by Crippen LogP contribution is 2.35. The SMILES string of the molecule is CCCCCCCCCCCCC=C[C@@H](O)[C@@H](N)COP(=O)(O)O. The third kappa shape index (κ3) is 16.6. The smallest absolute Gasteiger partial charge is 0.387 e. The Bertz CT molecular complexity index is 359. The van der Waals surface area contributed by atoms with Crippen LogP contribution in [0.4, 0.5) is 0 Å². The van der Waals surface area contributed by atoms with E-state index in [1.165, 1.54) is 57.8 Å². The van der Waals surface area contributed by atoms with Crippen molar-refractivity contribution in [3.63, 3.8) is 0 Å². The lowest BCUT2D eigenvalue weighted by Crippen LogP contribution is -2.37. The number of nitrogens with two attached hydrogens (primary N) is 1. The average Bonchev–Trinajstić information content (AvgIpc) is 2.52. The Morgan fingerprint density at radius 3 is 2.00 bits per heavy atom. The van der Waals surface area contributed by atoms with Gasteiger partial charge in [0, 0.05) is 0 Å². The lowest BCUT2D eigenvalue weighted by Gasteiger charge is -2.15. The molecule has 0 aromatic carbocycles. The predicted molar refractivity (Wildman–Crippen MR) is 97.6 cm³/mol. The number of phosphoric ester groups is 1. The predicted octanol–water partition coefficient (Wildman–Crippen LogP) is 3.65. The fourth-order valence-electron chi connectivity index (χ4n) is 2.41. The van der Waals surface area contributed by atoms with Gasteiger partial charge in [-0.25, -0.2) is 4.57 Å². The first-order valence-electron chi connectivity index (χ1n) is 9.17. The van der Waals surface area contributed by atoms with Crippen LogP contribution in [-0.4, -0.2) is 33.6 Å². The molecular formula is C17H36NO5P. The molecule has 0 aliphatic carbocycles. The average molecular weight is 365 g/mol. The molecule has 0 aliphatic heterocycles. The van der Waals surface area contributed by atoms with Crippen molar-refractivity contribution in [1.82, 2.24) is 0 Å². The van der Waals surface area contributed by atoms with Crippen LogP contribution in [0.25, 0.3) is 0 Å². The minimum Gasteiger partial charge on any atom is -0.387 e. The van der Waals surface area contributed by atoms with E-state index in [-0.39, 0.29) is 6.61 Å². The lowest BCUT2D eigenvalue weighted by atomic mass is 10.1. The number of hydrogen-bond acceptors (Lipinski definition) is 4. The molecule has 0 radical (unpaired) electrons. The molecule has 0 aromatic heterocycles. The van der Waals surface area contributed by atoms with Gasteiger partial charge in [-0.2, -0.15) is 0 Å². The standard InChI is InChI=1S/C17H36NO5P/c1-2-3-4-5-6-7-8-9-10-11-12-13-14-17(19)16(18)15-23-24(20,21)22/h13-14,16-17,19H,2-12,15,18H2,1H3,(H2,20,21,22)/t16-,17+/m0/s1. The van der Waals surface area contributed by atoms with E-state index < -0.39 is 20.0 Å². The molecule has 5 N–H and O–H groups in total. The second-order valence-electron chi connectivity index (χ2n) is 6.34. The number of phosphoric acid groups is 1. The van der Waals surface area contributed by atoms with Crippen LogP contribution in [0, 0.1) is 0 Å². The number of unbranched alkanes of at least 4 members (excludes halogenated alkanes) is 10. The molecule has 0 spiro atoms. The Kier molecular flexibility index (Phi) is 14.9. The number of allylic oxidation sites excluding steroid dienone is 1. The van der Waals surface area contributed by atoms with Gasteiger partial charge in [-0.1, -0.05) is 76.9 Å². The highest BCUT2D eigenvalue weighted by Gasteiger charge is 2.19. The van der Waals surface area contributed by atoms with E-state index in [1.807, 2.05) is 6.08 Å². The fourth-order valence-corrected chi connectivity index (χ4v) is 2.78. The second-order valence-corrected chi connectivity index (χ2v) is 7.58. The van der Waals surface area contributed by atoms with Crippen molar-refractivity contribution in [2.75, 3.05) is 6.61 Å². The summed E-state index contributed by atoms with van der Waals surface area (Å²) in [6, 6.07) is -0.846. The summed E-state index contributed by atoms with van der Waals surface area (Å²) < 4.78 is 14.8. The van der Waals surface area contributed by atoms with Crippen LogP contribution < -0.4 is 5.73 Å². The van der Waals surface area contributed by atoms with E-state index in [1.54, 1.807) is 6.08 Å². The highest BCUT2D eigenvalue weighted by atomic mass is 31.2. The van der Waals surface area contributed by atoms with E-state index in [9.17, 15) is 9.67 Å². The number of rotatable bonds is 16. The molecule has 0 fully saturated rings. The molecule has 0 saturated carbocycles. The molecule has 0 amide bonds. The molecule has 0 heterocycles. The highest BCUT2D eigenvalue weighted by molar-refractivity contribution is 7.46. The van der Waals surface area contributed by atoms with Crippen LogP contribution in [0.15, 0.2) is 12.2 Å². The largest absolute Gasteiger partial charge is 0.469 e. The molecule has 0 aliphatic rings. The summed E-state index contributed by atoms with van der Waals surface area (Å²) in [5.74, 6) is 0. The molecule has 2 atom stereocenters. The molecule has 0 unspecified atom stereocenters. The van der Waals surface area contributed by atoms with Crippen LogP contribution in [0.1, 0.15) is 77.6 Å². The van der Waals surface area contributed by atoms with Gasteiger partial charge in [0.15, 0.2) is 0 Å². The maximum atomic E-state index is 10.5. The first kappa shape index (κ1) is 23.8. The van der Waals surface area contributed by atoms with Crippen molar-refractivity contribution < 1.29 is 24.0 Å². The van der Waals surface area contributed by atoms with Crippen molar-refractivity contribution in [3.8, 4) is 0 Å². The van der Waals surface area contributed by atoms with Gasteiger partial charge < -0.3 is 20.6 Å². The normalized spacial score (nSPS) is 15.0. The maximum absolute atomic E-state index is 10.5. The molecule has 0 saturated heterocycles. The maximum Gasteiger partial charge on any atom is 0.469 e. The summed E-state index contributed by atoms with van der Waals surface area (Å²) in [6.07, 6.45) is 16.2. The first-order chi connectivity index (χ1) is 11.4. The Morgan fingerprint density at radius 2 is 1.50 bits per heavy atom. The molecule has 0 bridgehead atoms. The van der Waals surface area contributed by atoms with Crippen molar-refractivity contribution in [3.05, 3.63) is 12.2 Å². The Labute approximate surface area is 146 Å². The van der Waals surface area contributed by atoms with E-state index in [2.05, 4.69) is 11.4 Å². The molecular weight excluding hydrogens is 329 g/mol. The van der Waals surface area contributed by atoms with E-state index in [4.69, 9.17) is 15.5 Å². The number of hydrogen-bond donors (Lipinski definition) is 4.